The van der Waals surface area contributed by atoms with Crippen LogP contribution in [0.3, 0.4) is 0 Å². The molecule has 2 N–H and O–H groups in total. The van der Waals surface area contributed by atoms with Crippen LogP contribution in [0.1, 0.15) is 5.56 Å². The van der Waals surface area contributed by atoms with Gasteiger partial charge in [0.05, 0.1) is 18.7 Å². The summed E-state index contributed by atoms with van der Waals surface area (Å²) in [4.78, 5) is 11.9. The molecule has 0 fully saturated rings. The number of aryl methyl sites for hydroxylation is 1. The van der Waals surface area contributed by atoms with E-state index < -0.39 is 0 Å². The number of halogens is 2. The molecule has 0 heterocycles. The van der Waals surface area contributed by atoms with Crippen molar-refractivity contribution in [2.24, 2.45) is 0 Å². The van der Waals surface area contributed by atoms with Gasteiger partial charge >= 0.3 is 0 Å². The molecule has 2 rings (SSSR count). The third kappa shape index (κ3) is 4.39. The lowest BCUT2D eigenvalue weighted by molar-refractivity contribution is -0.114. The number of rotatable bonds is 5. The summed E-state index contributed by atoms with van der Waals surface area (Å²) in [6, 6.07) is 10.9. The lowest BCUT2D eigenvalue weighted by Crippen LogP contribution is -2.21. The first-order valence-electron chi connectivity index (χ1n) is 6.63. The van der Waals surface area contributed by atoms with Crippen molar-refractivity contribution < 1.29 is 9.53 Å². The average Bonchev–Trinajstić information content (AvgIpc) is 2.49. The molecule has 116 valence electrons. The van der Waals surface area contributed by atoms with Crippen LogP contribution in [0.25, 0.3) is 0 Å². The first-order valence-corrected chi connectivity index (χ1v) is 7.80. The second kappa shape index (κ2) is 7.51. The Morgan fingerprint density at radius 3 is 2.59 bits per heavy atom. The Labute approximate surface area is 142 Å². The number of ether oxygens (including phenoxy) is 1. The number of hydrogen-bond donors (Lipinski definition) is 2. The van der Waals surface area contributed by atoms with Crippen molar-refractivity contribution in [1.82, 2.24) is 0 Å². The van der Waals surface area contributed by atoms with Crippen LogP contribution < -0.4 is 15.4 Å². The number of methoxy groups -OCH3 is 1. The predicted octanol–water partition coefficient (Wildman–Crippen LogP) is 4.47. The highest BCUT2D eigenvalue weighted by Gasteiger charge is 2.06. The molecule has 2 aromatic rings. The van der Waals surface area contributed by atoms with Crippen molar-refractivity contribution in [3.63, 3.8) is 0 Å². The third-order valence-electron chi connectivity index (χ3n) is 3.05. The third-order valence-corrected chi connectivity index (χ3v) is 4.23. The zero-order valence-electron chi connectivity index (χ0n) is 12.2. The van der Waals surface area contributed by atoms with Crippen LogP contribution in [0.5, 0.6) is 5.75 Å². The van der Waals surface area contributed by atoms with Gasteiger partial charge in [0.15, 0.2) is 0 Å². The predicted molar refractivity (Wildman–Crippen MR) is 94.0 cm³/mol. The van der Waals surface area contributed by atoms with Gasteiger partial charge in [-0.05, 0) is 48.9 Å². The molecule has 0 aliphatic carbocycles. The van der Waals surface area contributed by atoms with Crippen LogP contribution in [-0.4, -0.2) is 19.6 Å². The molecule has 1 amide bonds. The lowest BCUT2D eigenvalue weighted by atomic mass is 10.2. The topological polar surface area (TPSA) is 50.4 Å². The monoisotopic (exact) mass is 382 g/mol. The zero-order valence-corrected chi connectivity index (χ0v) is 14.6. The first-order chi connectivity index (χ1) is 10.5. The van der Waals surface area contributed by atoms with Crippen LogP contribution in [0.15, 0.2) is 40.9 Å². The molecule has 0 saturated heterocycles. The van der Waals surface area contributed by atoms with Crippen molar-refractivity contribution in [1.29, 1.82) is 0 Å². The molecular formula is C16H16BrClN2O2. The summed E-state index contributed by atoms with van der Waals surface area (Å²) in [5.41, 5.74) is 2.63. The van der Waals surface area contributed by atoms with E-state index in [9.17, 15) is 4.79 Å². The molecule has 0 atom stereocenters. The number of benzene rings is 2. The maximum atomic E-state index is 11.9. The normalized spacial score (nSPS) is 10.2. The molecule has 6 heteroatoms. The highest BCUT2D eigenvalue weighted by molar-refractivity contribution is 9.10. The van der Waals surface area contributed by atoms with Crippen LogP contribution >= 0.6 is 27.5 Å². The van der Waals surface area contributed by atoms with Crippen molar-refractivity contribution in [3.05, 3.63) is 51.5 Å². The van der Waals surface area contributed by atoms with E-state index in [-0.39, 0.29) is 12.5 Å². The van der Waals surface area contributed by atoms with Crippen molar-refractivity contribution in [2.45, 2.75) is 6.92 Å². The van der Waals surface area contributed by atoms with E-state index in [0.29, 0.717) is 16.5 Å². The minimum atomic E-state index is -0.151. The summed E-state index contributed by atoms with van der Waals surface area (Å²) in [6.45, 7) is 2.17. The molecule has 0 aromatic heterocycles. The summed E-state index contributed by atoms with van der Waals surface area (Å²) in [5, 5.41) is 6.31. The van der Waals surface area contributed by atoms with E-state index in [1.54, 1.807) is 25.3 Å². The number of amides is 1. The summed E-state index contributed by atoms with van der Waals surface area (Å²) < 4.78 is 6.11. The van der Waals surface area contributed by atoms with E-state index in [0.717, 1.165) is 15.7 Å². The van der Waals surface area contributed by atoms with E-state index in [4.69, 9.17) is 16.3 Å². The van der Waals surface area contributed by atoms with E-state index >= 15 is 0 Å². The Bertz CT molecular complexity index is 692. The second-order valence-electron chi connectivity index (χ2n) is 4.72. The Morgan fingerprint density at radius 2 is 1.95 bits per heavy atom. The summed E-state index contributed by atoms with van der Waals surface area (Å²) >= 11 is 9.46. The van der Waals surface area contributed by atoms with E-state index in [2.05, 4.69) is 26.6 Å². The SMILES string of the molecule is COc1ccc(NC(=O)CNc2ccc(Br)c(C)c2)cc1Cl. The Hall–Kier alpha value is -1.72. The number of carbonyl (C=O) groups excluding carboxylic acids is 1. The van der Waals surface area contributed by atoms with Gasteiger partial charge in [-0.2, -0.15) is 0 Å². The number of carbonyl (C=O) groups is 1. The quantitative estimate of drug-likeness (QED) is 0.801. The average molecular weight is 384 g/mol. The van der Waals surface area contributed by atoms with Crippen LogP contribution in [0, 0.1) is 6.92 Å². The Morgan fingerprint density at radius 1 is 1.23 bits per heavy atom. The largest absolute Gasteiger partial charge is 0.495 e. The number of anilines is 2. The fourth-order valence-electron chi connectivity index (χ4n) is 1.89. The standard InChI is InChI=1S/C16H16BrClN2O2/c1-10-7-11(3-5-13(10)17)19-9-16(21)20-12-4-6-15(22-2)14(18)8-12/h3-8,19H,9H2,1-2H3,(H,20,21). The smallest absolute Gasteiger partial charge is 0.243 e. The van der Waals surface area contributed by atoms with Gasteiger partial charge in [-0.3, -0.25) is 4.79 Å². The minimum Gasteiger partial charge on any atom is -0.495 e. The highest BCUT2D eigenvalue weighted by Crippen LogP contribution is 2.27. The van der Waals surface area contributed by atoms with Gasteiger partial charge in [0, 0.05) is 15.8 Å². The molecule has 4 nitrogen and oxygen atoms in total. The zero-order chi connectivity index (χ0) is 16.1. The van der Waals surface area contributed by atoms with E-state index in [1.165, 1.54) is 0 Å². The van der Waals surface area contributed by atoms with Gasteiger partial charge in [0.2, 0.25) is 5.91 Å². The molecule has 0 spiro atoms. The summed E-state index contributed by atoms with van der Waals surface area (Å²) in [6.07, 6.45) is 0. The van der Waals surface area contributed by atoms with Gasteiger partial charge in [0.25, 0.3) is 0 Å². The van der Waals surface area contributed by atoms with Gasteiger partial charge < -0.3 is 15.4 Å². The molecule has 0 aliphatic heterocycles. The molecule has 0 bridgehead atoms. The van der Waals surface area contributed by atoms with Gasteiger partial charge in [-0.25, -0.2) is 0 Å². The molecular weight excluding hydrogens is 368 g/mol. The van der Waals surface area contributed by atoms with E-state index in [1.807, 2.05) is 25.1 Å². The fraction of sp³-hybridized carbons (Fsp3) is 0.188. The summed E-state index contributed by atoms with van der Waals surface area (Å²) in [7, 11) is 1.55. The van der Waals surface area contributed by atoms with Crippen molar-refractivity contribution in [3.8, 4) is 5.75 Å². The van der Waals surface area contributed by atoms with Gasteiger partial charge in [0.1, 0.15) is 5.75 Å². The fourth-order valence-corrected chi connectivity index (χ4v) is 2.39. The van der Waals surface area contributed by atoms with Gasteiger partial charge in [-0.15, -0.1) is 0 Å². The molecule has 0 saturated carbocycles. The second-order valence-corrected chi connectivity index (χ2v) is 5.98. The Balaban J connectivity index is 1.92. The van der Waals surface area contributed by atoms with Gasteiger partial charge in [-0.1, -0.05) is 27.5 Å². The van der Waals surface area contributed by atoms with Crippen molar-refractivity contribution >= 4 is 44.8 Å². The number of hydrogen-bond acceptors (Lipinski definition) is 3. The maximum absolute atomic E-state index is 11.9. The first kappa shape index (κ1) is 16.6. The van der Waals surface area contributed by atoms with Crippen LogP contribution in [-0.2, 0) is 4.79 Å². The lowest BCUT2D eigenvalue weighted by Gasteiger charge is -2.10. The van der Waals surface area contributed by atoms with Crippen molar-refractivity contribution in [2.75, 3.05) is 24.3 Å². The minimum absolute atomic E-state index is 0.151. The molecule has 22 heavy (non-hydrogen) atoms. The van der Waals surface area contributed by atoms with Crippen LogP contribution in [0.4, 0.5) is 11.4 Å². The maximum Gasteiger partial charge on any atom is 0.243 e. The number of nitrogens with one attached hydrogen (secondary N) is 2. The molecule has 0 unspecified atom stereocenters. The molecule has 0 aliphatic rings. The molecule has 0 radical (unpaired) electrons. The highest BCUT2D eigenvalue weighted by atomic mass is 79.9. The van der Waals surface area contributed by atoms with Crippen LogP contribution in [0.2, 0.25) is 5.02 Å². The summed E-state index contributed by atoms with van der Waals surface area (Å²) in [5.74, 6) is 0.421. The Kier molecular flexibility index (Phi) is 5.69. The molecule has 2 aromatic carbocycles.